The number of benzene rings is 1. The van der Waals surface area contributed by atoms with Crippen molar-refractivity contribution in [3.8, 4) is 5.75 Å². The quantitative estimate of drug-likeness (QED) is 0.723. The molecule has 2 amide bonds. The summed E-state index contributed by atoms with van der Waals surface area (Å²) in [6, 6.07) is 6.47. The van der Waals surface area contributed by atoms with E-state index < -0.39 is 6.03 Å². The van der Waals surface area contributed by atoms with Gasteiger partial charge in [-0.15, -0.1) is 0 Å². The molecule has 0 saturated carbocycles. The molecule has 5 heteroatoms. The van der Waals surface area contributed by atoms with Crippen LogP contribution in [0.4, 0.5) is 10.5 Å². The molecule has 1 aromatic carbocycles. The van der Waals surface area contributed by atoms with Crippen LogP contribution < -0.4 is 15.8 Å². The van der Waals surface area contributed by atoms with E-state index >= 15 is 0 Å². The molecule has 0 aliphatic carbocycles. The lowest BCUT2D eigenvalue weighted by Crippen LogP contribution is -2.19. The smallest absolute Gasteiger partial charge is 0.316 e. The third-order valence-corrected chi connectivity index (χ3v) is 1.94. The van der Waals surface area contributed by atoms with E-state index in [1.54, 1.807) is 18.2 Å². The van der Waals surface area contributed by atoms with Gasteiger partial charge in [0.1, 0.15) is 18.5 Å². The van der Waals surface area contributed by atoms with Gasteiger partial charge < -0.3 is 20.5 Å². The Morgan fingerprint density at radius 1 is 1.67 bits per heavy atom. The molecule has 1 saturated heterocycles. The highest BCUT2D eigenvalue weighted by atomic mass is 16.6. The molecule has 0 bridgehead atoms. The molecule has 1 heterocycles. The summed E-state index contributed by atoms with van der Waals surface area (Å²) >= 11 is 0. The Morgan fingerprint density at radius 2 is 2.47 bits per heavy atom. The molecule has 0 radical (unpaired) electrons. The van der Waals surface area contributed by atoms with Crippen LogP contribution in [0.25, 0.3) is 0 Å². The topological polar surface area (TPSA) is 76.9 Å². The van der Waals surface area contributed by atoms with Crippen LogP contribution in [0.3, 0.4) is 0 Å². The van der Waals surface area contributed by atoms with Crippen molar-refractivity contribution < 1.29 is 14.3 Å². The minimum absolute atomic E-state index is 0.220. The maximum Gasteiger partial charge on any atom is 0.316 e. The van der Waals surface area contributed by atoms with Gasteiger partial charge in [0.25, 0.3) is 0 Å². The van der Waals surface area contributed by atoms with Gasteiger partial charge in [0.2, 0.25) is 0 Å². The van der Waals surface area contributed by atoms with Gasteiger partial charge in [-0.3, -0.25) is 0 Å². The molecule has 15 heavy (non-hydrogen) atoms. The Bertz CT molecular complexity index is 363. The van der Waals surface area contributed by atoms with E-state index in [4.69, 9.17) is 15.2 Å². The third kappa shape index (κ3) is 3.14. The maximum absolute atomic E-state index is 10.6. The Hall–Kier alpha value is -1.75. The molecule has 1 fully saturated rings. The molecule has 1 atom stereocenters. The van der Waals surface area contributed by atoms with Crippen LogP contribution in [-0.2, 0) is 4.74 Å². The lowest BCUT2D eigenvalue weighted by molar-refractivity contribution is 0.259. The highest BCUT2D eigenvalue weighted by molar-refractivity contribution is 5.87. The second-order valence-corrected chi connectivity index (χ2v) is 3.28. The fraction of sp³-hybridized carbons (Fsp3) is 0.300. The molecule has 3 N–H and O–H groups in total. The summed E-state index contributed by atoms with van der Waals surface area (Å²) in [5.41, 5.74) is 5.62. The Morgan fingerprint density at radius 3 is 3.13 bits per heavy atom. The van der Waals surface area contributed by atoms with Gasteiger partial charge >= 0.3 is 6.03 Å². The summed E-state index contributed by atoms with van der Waals surface area (Å²) in [5.74, 6) is 0.691. The van der Waals surface area contributed by atoms with E-state index in [1.807, 2.05) is 6.07 Å². The number of hydrogen-bond acceptors (Lipinski definition) is 3. The molecule has 80 valence electrons. The van der Waals surface area contributed by atoms with Crippen molar-refractivity contribution in [2.75, 3.05) is 18.5 Å². The predicted octanol–water partition coefficient (Wildman–Crippen LogP) is 0.955. The lowest BCUT2D eigenvalue weighted by Gasteiger charge is -2.06. The molecule has 1 aliphatic heterocycles. The number of urea groups is 1. The first-order chi connectivity index (χ1) is 7.24. The molecule has 0 spiro atoms. The zero-order valence-corrected chi connectivity index (χ0v) is 8.10. The number of primary amides is 1. The Labute approximate surface area is 87.2 Å². The van der Waals surface area contributed by atoms with Gasteiger partial charge in [0.15, 0.2) is 0 Å². The monoisotopic (exact) mass is 208 g/mol. The van der Waals surface area contributed by atoms with Crippen molar-refractivity contribution in [3.63, 3.8) is 0 Å². The van der Waals surface area contributed by atoms with Crippen LogP contribution >= 0.6 is 0 Å². The van der Waals surface area contributed by atoms with E-state index in [0.29, 0.717) is 18.0 Å². The summed E-state index contributed by atoms with van der Waals surface area (Å²) in [6.07, 6.45) is 0.220. The standard InChI is InChI=1S/C10H12N2O3/c11-10(13)12-7-2-1-3-8(4-7)14-5-9-6-15-9/h1-4,9H,5-6H2,(H3,11,12,13). The van der Waals surface area contributed by atoms with Crippen LogP contribution in [0.2, 0.25) is 0 Å². The molecule has 1 aromatic rings. The molecule has 0 aromatic heterocycles. The van der Waals surface area contributed by atoms with Crippen LogP contribution in [0, 0.1) is 0 Å². The lowest BCUT2D eigenvalue weighted by atomic mass is 10.3. The van der Waals surface area contributed by atoms with Gasteiger partial charge in [-0.25, -0.2) is 4.79 Å². The van der Waals surface area contributed by atoms with E-state index in [9.17, 15) is 4.79 Å². The number of carbonyl (C=O) groups excluding carboxylic acids is 1. The first-order valence-corrected chi connectivity index (χ1v) is 4.65. The number of rotatable bonds is 4. The predicted molar refractivity (Wildman–Crippen MR) is 54.9 cm³/mol. The number of nitrogens with two attached hydrogens (primary N) is 1. The molecular weight excluding hydrogens is 196 g/mol. The normalized spacial score (nSPS) is 18.3. The Kier molecular flexibility index (Phi) is 2.73. The third-order valence-electron chi connectivity index (χ3n) is 1.94. The SMILES string of the molecule is NC(=O)Nc1cccc(OCC2CO2)c1. The maximum atomic E-state index is 10.6. The van der Waals surface area contributed by atoms with Crippen LogP contribution in [0.5, 0.6) is 5.75 Å². The van der Waals surface area contributed by atoms with E-state index in [-0.39, 0.29) is 6.10 Å². The van der Waals surface area contributed by atoms with E-state index in [1.165, 1.54) is 0 Å². The average Bonchev–Trinajstić information content (AvgIpc) is 2.97. The summed E-state index contributed by atoms with van der Waals surface area (Å²) < 4.78 is 10.4. The number of ether oxygens (including phenoxy) is 2. The summed E-state index contributed by atoms with van der Waals surface area (Å²) in [4.78, 5) is 10.6. The highest BCUT2D eigenvalue weighted by Gasteiger charge is 2.22. The molecular formula is C10H12N2O3. The number of amides is 2. The van der Waals surface area contributed by atoms with Gasteiger partial charge in [0, 0.05) is 11.8 Å². The largest absolute Gasteiger partial charge is 0.491 e. The molecule has 1 aliphatic rings. The van der Waals surface area contributed by atoms with E-state index in [0.717, 1.165) is 6.61 Å². The van der Waals surface area contributed by atoms with Crippen molar-refractivity contribution in [1.29, 1.82) is 0 Å². The van der Waals surface area contributed by atoms with Crippen molar-refractivity contribution in [3.05, 3.63) is 24.3 Å². The first-order valence-electron chi connectivity index (χ1n) is 4.65. The fourth-order valence-electron chi connectivity index (χ4n) is 1.16. The fourth-order valence-corrected chi connectivity index (χ4v) is 1.16. The second-order valence-electron chi connectivity index (χ2n) is 3.28. The highest BCUT2D eigenvalue weighted by Crippen LogP contribution is 2.19. The van der Waals surface area contributed by atoms with Crippen molar-refractivity contribution >= 4 is 11.7 Å². The van der Waals surface area contributed by atoms with Crippen molar-refractivity contribution in [2.45, 2.75) is 6.10 Å². The second kappa shape index (κ2) is 4.18. The zero-order valence-electron chi connectivity index (χ0n) is 8.10. The number of epoxide rings is 1. The zero-order chi connectivity index (χ0) is 10.7. The van der Waals surface area contributed by atoms with Crippen LogP contribution in [0.1, 0.15) is 0 Å². The number of anilines is 1. The van der Waals surface area contributed by atoms with Crippen LogP contribution in [0.15, 0.2) is 24.3 Å². The summed E-state index contributed by atoms with van der Waals surface area (Å²) in [5, 5.41) is 2.48. The Balaban J connectivity index is 1.94. The van der Waals surface area contributed by atoms with Crippen LogP contribution in [-0.4, -0.2) is 25.3 Å². The molecule has 2 rings (SSSR count). The van der Waals surface area contributed by atoms with Gasteiger partial charge in [-0.1, -0.05) is 6.07 Å². The molecule has 5 nitrogen and oxygen atoms in total. The van der Waals surface area contributed by atoms with Gasteiger partial charge in [-0.05, 0) is 12.1 Å². The molecule has 1 unspecified atom stereocenters. The number of hydrogen-bond donors (Lipinski definition) is 2. The average molecular weight is 208 g/mol. The summed E-state index contributed by atoms with van der Waals surface area (Å²) in [6.45, 7) is 1.30. The van der Waals surface area contributed by atoms with Gasteiger partial charge in [-0.2, -0.15) is 0 Å². The van der Waals surface area contributed by atoms with Crippen molar-refractivity contribution in [2.24, 2.45) is 5.73 Å². The first kappa shape index (κ1) is 9.79. The van der Waals surface area contributed by atoms with Crippen molar-refractivity contribution in [1.82, 2.24) is 0 Å². The number of nitrogens with one attached hydrogen (secondary N) is 1. The summed E-state index contributed by atoms with van der Waals surface area (Å²) in [7, 11) is 0. The minimum atomic E-state index is -0.585. The van der Waals surface area contributed by atoms with E-state index in [2.05, 4.69) is 5.32 Å². The van der Waals surface area contributed by atoms with Gasteiger partial charge in [0.05, 0.1) is 6.61 Å². The minimum Gasteiger partial charge on any atom is -0.491 e. The number of carbonyl (C=O) groups is 1.